The lowest BCUT2D eigenvalue weighted by Gasteiger charge is -2.25. The van der Waals surface area contributed by atoms with Gasteiger partial charge in [-0.25, -0.2) is 24.4 Å². The molecule has 1 aliphatic rings. The Morgan fingerprint density at radius 3 is 1.82 bits per heavy atom. The van der Waals surface area contributed by atoms with E-state index in [0.717, 1.165) is 0 Å². The van der Waals surface area contributed by atoms with E-state index in [2.05, 4.69) is 15.0 Å². The summed E-state index contributed by atoms with van der Waals surface area (Å²) >= 11 is 12.4. The van der Waals surface area contributed by atoms with Crippen molar-refractivity contribution >= 4 is 52.3 Å². The van der Waals surface area contributed by atoms with E-state index in [9.17, 15) is 14.4 Å². The smallest absolute Gasteiger partial charge is 0.338 e. The van der Waals surface area contributed by atoms with Crippen LogP contribution in [0.1, 0.15) is 37.3 Å². The molecule has 222 valence electrons. The maximum Gasteiger partial charge on any atom is 0.338 e. The first-order chi connectivity index (χ1) is 21.4. The van der Waals surface area contributed by atoms with E-state index < -0.39 is 42.4 Å². The highest BCUT2D eigenvalue weighted by atomic mass is 35.5. The van der Waals surface area contributed by atoms with Crippen LogP contribution in [0.2, 0.25) is 10.4 Å². The predicted molar refractivity (Wildman–Crippen MR) is 157 cm³/mol. The molecule has 1 fully saturated rings. The van der Waals surface area contributed by atoms with Crippen LogP contribution in [0.5, 0.6) is 0 Å². The Kier molecular flexibility index (Phi) is 8.51. The fraction of sp³-hybridized carbons (Fsp3) is 0.161. The van der Waals surface area contributed by atoms with Crippen molar-refractivity contribution in [3.8, 4) is 0 Å². The summed E-state index contributed by atoms with van der Waals surface area (Å²) in [6.45, 7) is -0.348. The fourth-order valence-electron chi connectivity index (χ4n) is 4.72. The number of carbonyl (C=O) groups excluding carboxylic acids is 3. The quantitative estimate of drug-likeness (QED) is 0.0955. The Labute approximate surface area is 260 Å². The van der Waals surface area contributed by atoms with Gasteiger partial charge in [0.1, 0.15) is 18.2 Å². The zero-order valence-corrected chi connectivity index (χ0v) is 24.2. The molecular weight excluding hydrogens is 611 g/mol. The summed E-state index contributed by atoms with van der Waals surface area (Å²) in [6, 6.07) is 24.9. The van der Waals surface area contributed by atoms with Crippen molar-refractivity contribution in [2.24, 2.45) is 0 Å². The Hall–Kier alpha value is -4.84. The third-order valence-electron chi connectivity index (χ3n) is 6.80. The fourth-order valence-corrected chi connectivity index (χ4v) is 5.15. The molecule has 1 aliphatic heterocycles. The van der Waals surface area contributed by atoms with E-state index in [4.69, 9.17) is 42.1 Å². The molecule has 0 radical (unpaired) electrons. The van der Waals surface area contributed by atoms with E-state index in [1.54, 1.807) is 91.0 Å². The predicted octanol–water partition coefficient (Wildman–Crippen LogP) is 5.34. The number of imidazole rings is 1. The molecule has 13 heteroatoms. The van der Waals surface area contributed by atoms with Gasteiger partial charge in [0.2, 0.25) is 5.28 Å². The molecule has 0 unspecified atom stereocenters. The lowest BCUT2D eigenvalue weighted by atomic mass is 10.1. The first kappa shape index (κ1) is 29.2. The molecule has 3 aromatic carbocycles. The maximum absolute atomic E-state index is 13.4. The van der Waals surface area contributed by atoms with Crippen LogP contribution in [0.3, 0.4) is 0 Å². The summed E-state index contributed by atoms with van der Waals surface area (Å²) in [5, 5.41) is -0.157. The molecule has 1 saturated heterocycles. The zero-order valence-electron chi connectivity index (χ0n) is 22.7. The number of halogens is 2. The molecule has 6 rings (SSSR count). The van der Waals surface area contributed by atoms with Crippen molar-refractivity contribution < 1.29 is 33.3 Å². The summed E-state index contributed by atoms with van der Waals surface area (Å²) in [7, 11) is 0. The van der Waals surface area contributed by atoms with Crippen LogP contribution in [0.25, 0.3) is 11.2 Å². The Bertz CT molecular complexity index is 1810. The Morgan fingerprint density at radius 1 is 0.727 bits per heavy atom. The summed E-state index contributed by atoms with van der Waals surface area (Å²) in [6.07, 6.45) is -3.39. The van der Waals surface area contributed by atoms with Crippen molar-refractivity contribution in [3.05, 3.63) is 124 Å². The molecule has 0 amide bonds. The second-order valence-corrected chi connectivity index (χ2v) is 10.3. The molecule has 44 heavy (non-hydrogen) atoms. The molecule has 3 heterocycles. The van der Waals surface area contributed by atoms with Crippen molar-refractivity contribution in [1.82, 2.24) is 19.5 Å². The van der Waals surface area contributed by atoms with Gasteiger partial charge >= 0.3 is 17.9 Å². The molecule has 0 saturated carbocycles. The van der Waals surface area contributed by atoms with Gasteiger partial charge in [-0.2, -0.15) is 4.98 Å². The van der Waals surface area contributed by atoms with Crippen molar-refractivity contribution in [2.75, 3.05) is 6.61 Å². The van der Waals surface area contributed by atoms with Crippen molar-refractivity contribution in [1.29, 1.82) is 0 Å². The van der Waals surface area contributed by atoms with Crippen molar-refractivity contribution in [2.45, 2.75) is 24.5 Å². The van der Waals surface area contributed by atoms with Crippen LogP contribution in [-0.2, 0) is 18.9 Å². The van der Waals surface area contributed by atoms with Gasteiger partial charge in [0.15, 0.2) is 29.2 Å². The lowest BCUT2D eigenvalue weighted by molar-refractivity contribution is -0.0606. The van der Waals surface area contributed by atoms with Crippen LogP contribution in [0.4, 0.5) is 0 Å². The number of nitrogens with zero attached hydrogens (tertiary/aromatic N) is 4. The lowest BCUT2D eigenvalue weighted by Crippen LogP contribution is -2.41. The summed E-state index contributed by atoms with van der Waals surface area (Å²) in [5.41, 5.74) is 1.21. The normalized spacial score (nSPS) is 19.4. The molecule has 0 N–H and O–H groups in total. The Morgan fingerprint density at radius 2 is 1.25 bits per heavy atom. The van der Waals surface area contributed by atoms with E-state index in [0.29, 0.717) is 5.56 Å². The summed E-state index contributed by atoms with van der Waals surface area (Å²) in [5.74, 6) is -2.03. The highest BCUT2D eigenvalue weighted by molar-refractivity contribution is 6.35. The standard InChI is InChI=1S/C31H22Cl2N4O7/c32-25-22-26(36-31(33)35-25)37(17-34-22)27-24(44-30(40)20-14-8-3-9-15-20)23(43-29(39)19-12-6-2-7-13-19)21(42-27)16-41-28(38)18-10-4-1-5-11-18/h1-15,17,21,23-24,27H,16H2/t21-,23-,24-,27-/m1/s1. The van der Waals surface area contributed by atoms with Crippen LogP contribution in [0.15, 0.2) is 97.3 Å². The average molecular weight is 633 g/mol. The number of ether oxygens (including phenoxy) is 4. The van der Waals surface area contributed by atoms with Gasteiger partial charge < -0.3 is 18.9 Å². The van der Waals surface area contributed by atoms with E-state index in [-0.39, 0.29) is 39.3 Å². The molecule has 2 aromatic heterocycles. The molecule has 11 nitrogen and oxygen atoms in total. The molecule has 0 spiro atoms. The highest BCUT2D eigenvalue weighted by Gasteiger charge is 2.52. The first-order valence-corrected chi connectivity index (χ1v) is 14.1. The topological polar surface area (TPSA) is 132 Å². The van der Waals surface area contributed by atoms with Gasteiger partial charge in [-0.05, 0) is 48.0 Å². The number of fused-ring (bicyclic) bond motifs is 1. The average Bonchev–Trinajstić information content (AvgIpc) is 3.62. The summed E-state index contributed by atoms with van der Waals surface area (Å²) < 4.78 is 25.2. The molecular formula is C31H22Cl2N4O7. The van der Waals surface area contributed by atoms with Crippen LogP contribution in [-0.4, -0.2) is 62.3 Å². The second kappa shape index (κ2) is 12.8. The van der Waals surface area contributed by atoms with E-state index in [1.165, 1.54) is 10.9 Å². The first-order valence-electron chi connectivity index (χ1n) is 13.3. The van der Waals surface area contributed by atoms with Crippen LogP contribution < -0.4 is 0 Å². The number of esters is 3. The Balaban J connectivity index is 1.39. The number of benzene rings is 3. The number of hydrogen-bond acceptors (Lipinski definition) is 10. The monoisotopic (exact) mass is 632 g/mol. The number of aromatic nitrogens is 4. The van der Waals surface area contributed by atoms with Gasteiger partial charge in [-0.15, -0.1) is 0 Å². The highest BCUT2D eigenvalue weighted by Crippen LogP contribution is 2.37. The SMILES string of the molecule is O=C(OC[C@H]1O[C@@H](n2cnc3c(Cl)nc(Cl)nc32)[C@H](OC(=O)c2ccccc2)[C@@H]1OC(=O)c1ccccc1)c1ccccc1. The number of carbonyl (C=O) groups is 3. The zero-order chi connectivity index (χ0) is 30.6. The van der Waals surface area contributed by atoms with Crippen LogP contribution >= 0.6 is 23.2 Å². The largest absolute Gasteiger partial charge is 0.459 e. The van der Waals surface area contributed by atoms with Gasteiger partial charge in [-0.1, -0.05) is 66.2 Å². The molecule has 5 aromatic rings. The minimum atomic E-state index is -1.26. The number of rotatable bonds is 8. The molecule has 0 aliphatic carbocycles. The van der Waals surface area contributed by atoms with Gasteiger partial charge in [0, 0.05) is 0 Å². The third-order valence-corrected chi connectivity index (χ3v) is 7.24. The second-order valence-electron chi connectivity index (χ2n) is 9.61. The van der Waals surface area contributed by atoms with E-state index in [1.807, 2.05) is 0 Å². The van der Waals surface area contributed by atoms with Gasteiger partial charge in [0.25, 0.3) is 0 Å². The molecule has 0 bridgehead atoms. The molecule has 4 atom stereocenters. The minimum Gasteiger partial charge on any atom is -0.459 e. The van der Waals surface area contributed by atoms with Crippen LogP contribution in [0, 0.1) is 0 Å². The van der Waals surface area contributed by atoms with E-state index >= 15 is 0 Å². The summed E-state index contributed by atoms with van der Waals surface area (Å²) in [4.78, 5) is 51.9. The van der Waals surface area contributed by atoms with Gasteiger partial charge in [-0.3, -0.25) is 4.57 Å². The van der Waals surface area contributed by atoms with Gasteiger partial charge in [0.05, 0.1) is 23.0 Å². The minimum absolute atomic E-state index is 0.00465. The maximum atomic E-state index is 13.4. The van der Waals surface area contributed by atoms with Crippen molar-refractivity contribution in [3.63, 3.8) is 0 Å². The number of hydrogen-bond donors (Lipinski definition) is 0. The third kappa shape index (κ3) is 6.11.